The lowest BCUT2D eigenvalue weighted by atomic mass is 9.95. The van der Waals surface area contributed by atoms with Gasteiger partial charge in [0.2, 0.25) is 11.8 Å². The van der Waals surface area contributed by atoms with E-state index in [1.807, 2.05) is 45.0 Å². The molecule has 5 nitrogen and oxygen atoms in total. The van der Waals surface area contributed by atoms with Crippen LogP contribution in [0.4, 0.5) is 11.4 Å². The summed E-state index contributed by atoms with van der Waals surface area (Å²) in [5.74, 6) is -0.0602. The molecule has 1 aliphatic carbocycles. The molecule has 2 amide bonds. The van der Waals surface area contributed by atoms with E-state index in [9.17, 15) is 9.59 Å². The minimum Gasteiger partial charge on any atom is -0.376 e. The van der Waals surface area contributed by atoms with Gasteiger partial charge in [0, 0.05) is 23.3 Å². The van der Waals surface area contributed by atoms with Crippen molar-refractivity contribution in [2.75, 3.05) is 23.7 Å². The normalized spacial score (nSPS) is 14.3. The Balaban J connectivity index is 1.74. The molecule has 1 aliphatic rings. The molecule has 0 saturated heterocycles. The van der Waals surface area contributed by atoms with E-state index in [2.05, 4.69) is 22.0 Å². The zero-order chi connectivity index (χ0) is 19.0. The second-order valence-electron chi connectivity index (χ2n) is 7.85. The Hall–Kier alpha value is -2.30. The number of amides is 2. The third kappa shape index (κ3) is 6.90. The van der Waals surface area contributed by atoms with Crippen molar-refractivity contribution in [3.8, 4) is 0 Å². The highest BCUT2D eigenvalue weighted by atomic mass is 16.2. The Kier molecular flexibility index (Phi) is 7.25. The number of anilines is 2. The van der Waals surface area contributed by atoms with Crippen LogP contribution >= 0.6 is 0 Å². The standard InChI is InChI=1S/C21H31N3O2/c1-21(2,3)20(26)24-18-11-7-10-17(14-18)23-15-19(25)22-13-12-16-8-5-4-6-9-16/h7-8,10-11,14,23H,4-6,9,12-13,15H2,1-3H3,(H,22,25)(H,24,26). The van der Waals surface area contributed by atoms with Crippen LogP contribution in [-0.2, 0) is 9.59 Å². The fourth-order valence-electron chi connectivity index (χ4n) is 2.76. The number of carbonyl (C=O) groups is 2. The van der Waals surface area contributed by atoms with Crippen LogP contribution in [0.3, 0.4) is 0 Å². The molecular weight excluding hydrogens is 326 g/mol. The van der Waals surface area contributed by atoms with Gasteiger partial charge >= 0.3 is 0 Å². The van der Waals surface area contributed by atoms with E-state index in [0.29, 0.717) is 6.54 Å². The first-order valence-corrected chi connectivity index (χ1v) is 9.44. The van der Waals surface area contributed by atoms with Crippen molar-refractivity contribution in [2.45, 2.75) is 52.9 Å². The van der Waals surface area contributed by atoms with E-state index in [1.165, 1.54) is 31.3 Å². The van der Waals surface area contributed by atoms with Crippen molar-refractivity contribution in [2.24, 2.45) is 5.41 Å². The van der Waals surface area contributed by atoms with Crippen LogP contribution in [0.5, 0.6) is 0 Å². The average molecular weight is 357 g/mol. The molecule has 0 spiro atoms. The Morgan fingerprint density at radius 1 is 1.12 bits per heavy atom. The first-order valence-electron chi connectivity index (χ1n) is 9.44. The van der Waals surface area contributed by atoms with Gasteiger partial charge in [-0.15, -0.1) is 0 Å². The number of hydrogen-bond acceptors (Lipinski definition) is 3. The van der Waals surface area contributed by atoms with Crippen LogP contribution in [0.1, 0.15) is 52.9 Å². The van der Waals surface area contributed by atoms with E-state index >= 15 is 0 Å². The molecule has 0 aliphatic heterocycles. The molecule has 1 aromatic carbocycles. The summed E-state index contributed by atoms with van der Waals surface area (Å²) in [5, 5.41) is 8.96. The van der Waals surface area contributed by atoms with Crippen molar-refractivity contribution >= 4 is 23.2 Å². The Morgan fingerprint density at radius 3 is 2.58 bits per heavy atom. The van der Waals surface area contributed by atoms with Gasteiger partial charge in [-0.1, -0.05) is 38.5 Å². The highest BCUT2D eigenvalue weighted by Crippen LogP contribution is 2.20. The van der Waals surface area contributed by atoms with Gasteiger partial charge in [0.1, 0.15) is 0 Å². The molecule has 1 aromatic rings. The highest BCUT2D eigenvalue weighted by molar-refractivity contribution is 5.95. The van der Waals surface area contributed by atoms with E-state index in [-0.39, 0.29) is 18.4 Å². The lowest BCUT2D eigenvalue weighted by molar-refractivity contribution is -0.123. The molecule has 0 atom stereocenters. The monoisotopic (exact) mass is 357 g/mol. The molecule has 0 bridgehead atoms. The molecule has 0 unspecified atom stereocenters. The summed E-state index contributed by atoms with van der Waals surface area (Å²) in [6.07, 6.45) is 8.15. The van der Waals surface area contributed by atoms with E-state index in [4.69, 9.17) is 0 Å². The van der Waals surface area contributed by atoms with Crippen LogP contribution in [0.15, 0.2) is 35.9 Å². The van der Waals surface area contributed by atoms with E-state index in [1.54, 1.807) is 0 Å². The first-order chi connectivity index (χ1) is 12.3. The smallest absolute Gasteiger partial charge is 0.239 e. The van der Waals surface area contributed by atoms with Gasteiger partial charge in [0.05, 0.1) is 6.54 Å². The molecule has 0 fully saturated rings. The van der Waals surface area contributed by atoms with Gasteiger partial charge in [-0.05, 0) is 50.3 Å². The van der Waals surface area contributed by atoms with Gasteiger partial charge in [0.25, 0.3) is 0 Å². The van der Waals surface area contributed by atoms with Crippen molar-refractivity contribution in [1.29, 1.82) is 0 Å². The summed E-state index contributed by atoms with van der Waals surface area (Å²) in [5.41, 5.74) is 2.55. The predicted molar refractivity (Wildman–Crippen MR) is 107 cm³/mol. The van der Waals surface area contributed by atoms with E-state index in [0.717, 1.165) is 17.8 Å². The van der Waals surface area contributed by atoms with Gasteiger partial charge < -0.3 is 16.0 Å². The fourth-order valence-corrected chi connectivity index (χ4v) is 2.76. The minimum absolute atomic E-state index is 0.0226. The lowest BCUT2D eigenvalue weighted by Crippen LogP contribution is -2.31. The maximum absolute atomic E-state index is 12.1. The van der Waals surface area contributed by atoms with Crippen molar-refractivity contribution in [1.82, 2.24) is 5.32 Å². The first kappa shape index (κ1) is 20.0. The molecular formula is C21H31N3O2. The summed E-state index contributed by atoms with van der Waals surface area (Å²) >= 11 is 0. The fraction of sp³-hybridized carbons (Fsp3) is 0.524. The van der Waals surface area contributed by atoms with Gasteiger partial charge in [-0.2, -0.15) is 0 Å². The summed E-state index contributed by atoms with van der Waals surface area (Å²) in [6.45, 7) is 6.53. The van der Waals surface area contributed by atoms with Crippen LogP contribution in [0.25, 0.3) is 0 Å². The third-order valence-electron chi connectivity index (χ3n) is 4.41. The zero-order valence-electron chi connectivity index (χ0n) is 16.2. The number of nitrogens with one attached hydrogen (secondary N) is 3. The van der Waals surface area contributed by atoms with Gasteiger partial charge in [-0.25, -0.2) is 0 Å². The molecule has 0 heterocycles. The topological polar surface area (TPSA) is 70.2 Å². The quantitative estimate of drug-likeness (QED) is 0.644. The zero-order valence-corrected chi connectivity index (χ0v) is 16.2. The molecule has 2 rings (SSSR count). The van der Waals surface area contributed by atoms with Crippen molar-refractivity contribution < 1.29 is 9.59 Å². The van der Waals surface area contributed by atoms with Crippen LogP contribution < -0.4 is 16.0 Å². The third-order valence-corrected chi connectivity index (χ3v) is 4.41. The van der Waals surface area contributed by atoms with E-state index < -0.39 is 5.41 Å². The lowest BCUT2D eigenvalue weighted by Gasteiger charge is -2.18. The molecule has 5 heteroatoms. The summed E-state index contributed by atoms with van der Waals surface area (Å²) in [4.78, 5) is 24.0. The highest BCUT2D eigenvalue weighted by Gasteiger charge is 2.21. The SMILES string of the molecule is CC(C)(C)C(=O)Nc1cccc(NCC(=O)NCCC2=CCCCC2)c1. The Morgan fingerprint density at radius 2 is 1.88 bits per heavy atom. The Labute approximate surface area is 156 Å². The molecule has 3 N–H and O–H groups in total. The number of hydrogen-bond donors (Lipinski definition) is 3. The minimum atomic E-state index is -0.447. The maximum atomic E-state index is 12.1. The number of carbonyl (C=O) groups excluding carboxylic acids is 2. The van der Waals surface area contributed by atoms with Crippen molar-refractivity contribution in [3.63, 3.8) is 0 Å². The number of allylic oxidation sites excluding steroid dienone is 1. The summed E-state index contributed by atoms with van der Waals surface area (Å²) < 4.78 is 0. The van der Waals surface area contributed by atoms with Crippen LogP contribution in [0, 0.1) is 5.41 Å². The predicted octanol–water partition coefficient (Wildman–Crippen LogP) is 4.09. The number of rotatable bonds is 7. The number of benzene rings is 1. The summed E-state index contributed by atoms with van der Waals surface area (Å²) in [6, 6.07) is 7.41. The summed E-state index contributed by atoms with van der Waals surface area (Å²) in [7, 11) is 0. The molecule has 0 aromatic heterocycles. The second kappa shape index (κ2) is 9.41. The Bertz CT molecular complexity index is 659. The van der Waals surface area contributed by atoms with Gasteiger partial charge in [0.15, 0.2) is 0 Å². The average Bonchev–Trinajstić information content (AvgIpc) is 2.60. The molecule has 26 heavy (non-hydrogen) atoms. The van der Waals surface area contributed by atoms with Crippen LogP contribution in [-0.4, -0.2) is 24.9 Å². The maximum Gasteiger partial charge on any atom is 0.239 e. The molecule has 0 radical (unpaired) electrons. The van der Waals surface area contributed by atoms with Crippen molar-refractivity contribution in [3.05, 3.63) is 35.9 Å². The second-order valence-corrected chi connectivity index (χ2v) is 7.85. The molecule has 142 valence electrons. The molecule has 0 saturated carbocycles. The largest absolute Gasteiger partial charge is 0.376 e. The van der Waals surface area contributed by atoms with Crippen LogP contribution in [0.2, 0.25) is 0 Å². The van der Waals surface area contributed by atoms with Gasteiger partial charge in [-0.3, -0.25) is 9.59 Å².